The van der Waals surface area contributed by atoms with Crippen molar-refractivity contribution in [2.45, 2.75) is 47.5 Å². The Kier molecular flexibility index (Phi) is 61.1. The van der Waals surface area contributed by atoms with E-state index in [0.29, 0.717) is 6.42 Å². The number of nitriles is 1. The number of carboxylic acid groups (broad SMARTS) is 4. The predicted molar refractivity (Wildman–Crippen MR) is 63.2 cm³/mol. The van der Waals surface area contributed by atoms with E-state index >= 15 is 0 Å². The van der Waals surface area contributed by atoms with Crippen molar-refractivity contribution >= 4 is 23.9 Å². The van der Waals surface area contributed by atoms with Crippen LogP contribution in [0.25, 0.3) is 0 Å². The Morgan fingerprint density at radius 2 is 0.909 bits per heavy atom. The summed E-state index contributed by atoms with van der Waals surface area (Å²) in [4.78, 5) is 35.6. The summed E-state index contributed by atoms with van der Waals surface area (Å²) >= 11 is 0. The molecule has 10 heteroatoms. The van der Waals surface area contributed by atoms with Gasteiger partial charge in [0, 0.05) is 30.3 Å². The summed E-state index contributed by atoms with van der Waals surface area (Å²) in [5.74, 6) is -4.33. The standard InChI is InChI=1S/C4H7N.4C2H4O2.Ti/c1-2-3-4-5;4*1-2(3)4;/h2-3H2,1H3;4*1H3,(H,3,4);/q;;;;;+4/p-4. The minimum Gasteiger partial charge on any atom is -0.550 e. The van der Waals surface area contributed by atoms with Gasteiger partial charge in [-0.1, -0.05) is 6.92 Å². The Hall–Kier alpha value is -1.92. The van der Waals surface area contributed by atoms with E-state index in [-0.39, 0.29) is 21.7 Å². The first-order valence-electron chi connectivity index (χ1n) is 5.42. The predicted octanol–water partition coefficient (Wildman–Crippen LogP) is -3.67. The van der Waals surface area contributed by atoms with E-state index in [9.17, 15) is 0 Å². The molecule has 0 bridgehead atoms. The zero-order valence-corrected chi connectivity index (χ0v) is 14.7. The van der Waals surface area contributed by atoms with Crippen LogP contribution in [0.2, 0.25) is 0 Å². The van der Waals surface area contributed by atoms with Crippen molar-refractivity contribution in [3.8, 4) is 6.07 Å². The van der Waals surface area contributed by atoms with Crippen molar-refractivity contribution in [1.29, 1.82) is 5.26 Å². The van der Waals surface area contributed by atoms with Gasteiger partial charge in [-0.15, -0.1) is 0 Å². The molecule has 0 radical (unpaired) electrons. The second kappa shape index (κ2) is 36.5. The van der Waals surface area contributed by atoms with Crippen molar-refractivity contribution in [2.24, 2.45) is 0 Å². The Morgan fingerprint density at radius 1 is 0.773 bits per heavy atom. The summed E-state index contributed by atoms with van der Waals surface area (Å²) in [6.45, 7) is 5.88. The van der Waals surface area contributed by atoms with E-state index in [2.05, 4.69) is 0 Å². The third kappa shape index (κ3) is 743000. The Balaban J connectivity index is -0.0000000361. The summed E-state index contributed by atoms with van der Waals surface area (Å²) in [7, 11) is 0. The van der Waals surface area contributed by atoms with E-state index in [4.69, 9.17) is 44.9 Å². The molecule has 0 fully saturated rings. The van der Waals surface area contributed by atoms with Crippen molar-refractivity contribution in [3.05, 3.63) is 0 Å². The van der Waals surface area contributed by atoms with Gasteiger partial charge in [-0.25, -0.2) is 0 Å². The molecule has 0 aromatic carbocycles. The van der Waals surface area contributed by atoms with Crippen LogP contribution < -0.4 is 20.4 Å². The SMILES string of the molecule is CC(=O)[O-].CC(=O)[O-].CC(=O)[O-].CC(=O)[O-].CCCC#N.[Ti+4]. The van der Waals surface area contributed by atoms with Crippen molar-refractivity contribution in [1.82, 2.24) is 0 Å². The fourth-order valence-electron chi connectivity index (χ4n) is 0.112. The molecule has 0 aliphatic rings. The molecule has 0 atom stereocenters. The topological polar surface area (TPSA) is 184 Å². The molecule has 0 aliphatic heterocycles. The zero-order valence-electron chi connectivity index (χ0n) is 13.1. The Morgan fingerprint density at radius 3 is 0.909 bits per heavy atom. The van der Waals surface area contributed by atoms with Crippen LogP contribution in [-0.4, -0.2) is 23.9 Å². The van der Waals surface area contributed by atoms with E-state index in [1.165, 1.54) is 0 Å². The van der Waals surface area contributed by atoms with Gasteiger partial charge in [-0.05, 0) is 34.1 Å². The molecule has 0 aromatic heterocycles. The second-order valence-electron chi connectivity index (χ2n) is 2.87. The van der Waals surface area contributed by atoms with Gasteiger partial charge in [0.15, 0.2) is 0 Å². The third-order valence-electron chi connectivity index (χ3n) is 0.362. The summed E-state index contributed by atoms with van der Waals surface area (Å²) in [6.07, 6.45) is 1.68. The molecule has 0 heterocycles. The Labute approximate surface area is 144 Å². The minimum atomic E-state index is -1.08. The molecule has 0 unspecified atom stereocenters. The summed E-state index contributed by atoms with van der Waals surface area (Å²) in [5.41, 5.74) is 0. The number of carboxylic acids is 4. The van der Waals surface area contributed by atoms with Gasteiger partial charge in [0.2, 0.25) is 0 Å². The molecule has 0 spiro atoms. The van der Waals surface area contributed by atoms with Gasteiger partial charge in [0.25, 0.3) is 0 Å². The number of rotatable bonds is 1. The second-order valence-corrected chi connectivity index (χ2v) is 2.87. The molecule has 124 valence electrons. The molecule has 0 amide bonds. The quantitative estimate of drug-likeness (QED) is 0.428. The number of hydrogen-bond donors (Lipinski definition) is 0. The number of hydrogen-bond acceptors (Lipinski definition) is 9. The van der Waals surface area contributed by atoms with Crippen LogP contribution in [0.4, 0.5) is 0 Å². The van der Waals surface area contributed by atoms with Crippen molar-refractivity contribution < 1.29 is 61.3 Å². The van der Waals surface area contributed by atoms with Crippen LogP contribution in [0, 0.1) is 11.3 Å². The maximum Gasteiger partial charge on any atom is 4.00 e. The summed E-state index contributed by atoms with van der Waals surface area (Å²) in [5, 5.41) is 43.4. The molecule has 0 aliphatic carbocycles. The molecule has 9 nitrogen and oxygen atoms in total. The van der Waals surface area contributed by atoms with E-state index < -0.39 is 23.9 Å². The normalized spacial score (nSPS) is 6.00. The van der Waals surface area contributed by atoms with Crippen LogP contribution in [0.1, 0.15) is 47.5 Å². The van der Waals surface area contributed by atoms with Crippen molar-refractivity contribution in [2.75, 3.05) is 0 Å². The molecular formula is C12H19NO8Ti. The van der Waals surface area contributed by atoms with E-state index in [1.54, 1.807) is 0 Å². The maximum atomic E-state index is 8.89. The number of nitrogens with zero attached hydrogens (tertiary/aromatic N) is 1. The average molecular weight is 353 g/mol. The number of aliphatic carboxylic acids is 4. The third-order valence-corrected chi connectivity index (χ3v) is 0.362. The number of unbranched alkanes of at least 4 members (excludes halogenated alkanes) is 1. The van der Waals surface area contributed by atoms with Gasteiger partial charge in [-0.2, -0.15) is 5.26 Å². The van der Waals surface area contributed by atoms with Crippen LogP contribution in [0.5, 0.6) is 0 Å². The van der Waals surface area contributed by atoms with Crippen molar-refractivity contribution in [3.63, 3.8) is 0 Å². The molecule has 0 saturated carbocycles. The van der Waals surface area contributed by atoms with Gasteiger partial charge in [0.05, 0.1) is 6.07 Å². The van der Waals surface area contributed by atoms with Crippen LogP contribution >= 0.6 is 0 Å². The van der Waals surface area contributed by atoms with Gasteiger partial charge in [-0.3, -0.25) is 0 Å². The molecule has 22 heavy (non-hydrogen) atoms. The zero-order chi connectivity index (χ0) is 18.4. The smallest absolute Gasteiger partial charge is 0.550 e. The average Bonchev–Trinajstić information content (AvgIpc) is 2.14. The summed E-state index contributed by atoms with van der Waals surface area (Å²) < 4.78 is 0. The van der Waals surface area contributed by atoms with E-state index in [0.717, 1.165) is 34.1 Å². The molecule has 0 saturated heterocycles. The molecule has 0 rings (SSSR count). The Bertz CT molecular complexity index is 262. The van der Waals surface area contributed by atoms with E-state index in [1.807, 2.05) is 13.0 Å². The van der Waals surface area contributed by atoms with Crippen LogP contribution in [0.3, 0.4) is 0 Å². The number of carbonyl (C=O) groups is 4. The van der Waals surface area contributed by atoms with Gasteiger partial charge in [0.1, 0.15) is 0 Å². The molecule has 0 N–H and O–H groups in total. The summed E-state index contributed by atoms with van der Waals surface area (Å²) in [6, 6.07) is 2.02. The fraction of sp³-hybridized carbons (Fsp3) is 0.583. The fourth-order valence-corrected chi connectivity index (χ4v) is 0.112. The largest absolute Gasteiger partial charge is 4.00 e. The van der Waals surface area contributed by atoms with Crippen LogP contribution in [-0.2, 0) is 40.9 Å². The maximum absolute atomic E-state index is 8.89. The minimum absolute atomic E-state index is 0. The van der Waals surface area contributed by atoms with Crippen LogP contribution in [0.15, 0.2) is 0 Å². The number of carbonyl (C=O) groups excluding carboxylic acids is 4. The first-order chi connectivity index (χ1) is 9.34. The van der Waals surface area contributed by atoms with Gasteiger partial charge >= 0.3 is 21.7 Å². The first kappa shape index (κ1) is 36.9. The van der Waals surface area contributed by atoms with Gasteiger partial charge < -0.3 is 39.6 Å². The monoisotopic (exact) mass is 353 g/mol. The molecular weight excluding hydrogens is 334 g/mol. The molecule has 0 aromatic rings. The first-order valence-corrected chi connectivity index (χ1v) is 5.42.